The average Bonchev–Trinajstić information content (AvgIpc) is 2.69. The highest BCUT2D eigenvalue weighted by Crippen LogP contribution is 2.40. The fraction of sp³-hybridized carbons (Fsp3) is 0.250. The van der Waals surface area contributed by atoms with Crippen LogP contribution in [0.1, 0.15) is 43.4 Å². The Balaban J connectivity index is 2.02. The van der Waals surface area contributed by atoms with Gasteiger partial charge < -0.3 is 14.9 Å². The zero-order valence-electron chi connectivity index (χ0n) is 15.9. The van der Waals surface area contributed by atoms with Crippen molar-refractivity contribution in [2.45, 2.75) is 32.1 Å². The van der Waals surface area contributed by atoms with E-state index in [1.54, 1.807) is 24.3 Å². The fourth-order valence-corrected chi connectivity index (χ4v) is 3.31. The zero-order valence-corrected chi connectivity index (χ0v) is 15.9. The lowest BCUT2D eigenvalue weighted by atomic mass is 9.71. The average molecular weight is 362 g/mol. The van der Waals surface area contributed by atoms with E-state index in [-0.39, 0.29) is 11.5 Å². The molecule has 0 aliphatic rings. The molecule has 2 N–H and O–H groups in total. The molecule has 3 nitrogen and oxygen atoms in total. The van der Waals surface area contributed by atoms with E-state index in [2.05, 4.69) is 26.0 Å². The van der Waals surface area contributed by atoms with Gasteiger partial charge in [0.25, 0.3) is 0 Å². The van der Waals surface area contributed by atoms with Crippen LogP contribution in [-0.4, -0.2) is 16.8 Å². The molecular weight excluding hydrogens is 336 g/mol. The second kappa shape index (κ2) is 8.17. The van der Waals surface area contributed by atoms with Gasteiger partial charge in [0.2, 0.25) is 0 Å². The third-order valence-electron chi connectivity index (χ3n) is 5.09. The standard InChI is InChI=1S/C24H26O3/c1-3-4-17-27-23-15-9-20(10-16-23)24(2,18-5-11-21(25)12-6-18)19-7-13-22(26)14-8-19/h5-16,25-26H,3-4,17H2,1-2H3. The van der Waals surface area contributed by atoms with Crippen LogP contribution in [0.3, 0.4) is 0 Å². The van der Waals surface area contributed by atoms with Gasteiger partial charge in [0.05, 0.1) is 6.61 Å². The van der Waals surface area contributed by atoms with E-state index in [0.29, 0.717) is 0 Å². The number of phenols is 2. The van der Waals surface area contributed by atoms with Gasteiger partial charge in [-0.05, 0) is 66.4 Å². The van der Waals surface area contributed by atoms with Crippen molar-refractivity contribution in [1.29, 1.82) is 0 Å². The quantitative estimate of drug-likeness (QED) is 0.423. The molecule has 3 rings (SSSR count). The fourth-order valence-electron chi connectivity index (χ4n) is 3.31. The molecule has 140 valence electrons. The monoisotopic (exact) mass is 362 g/mol. The largest absolute Gasteiger partial charge is 0.508 e. The van der Waals surface area contributed by atoms with Gasteiger partial charge in [-0.2, -0.15) is 0 Å². The molecule has 3 heteroatoms. The summed E-state index contributed by atoms with van der Waals surface area (Å²) in [5, 5.41) is 19.4. The maximum absolute atomic E-state index is 9.69. The second-order valence-corrected chi connectivity index (χ2v) is 6.95. The molecule has 0 atom stereocenters. The van der Waals surface area contributed by atoms with E-state index in [1.807, 2.05) is 36.4 Å². The Morgan fingerprint density at radius 3 is 1.52 bits per heavy atom. The summed E-state index contributed by atoms with van der Waals surface area (Å²) in [5.41, 5.74) is 2.81. The summed E-state index contributed by atoms with van der Waals surface area (Å²) in [4.78, 5) is 0. The van der Waals surface area contributed by atoms with Gasteiger partial charge in [0.15, 0.2) is 0 Å². The van der Waals surface area contributed by atoms with Crippen molar-refractivity contribution in [1.82, 2.24) is 0 Å². The molecular formula is C24H26O3. The highest BCUT2D eigenvalue weighted by Gasteiger charge is 2.31. The summed E-state index contributed by atoms with van der Waals surface area (Å²) in [6.45, 7) is 5.02. The first-order valence-electron chi connectivity index (χ1n) is 9.36. The van der Waals surface area contributed by atoms with Crippen LogP contribution in [0, 0.1) is 0 Å². The number of benzene rings is 3. The SMILES string of the molecule is CCCCOc1ccc(C(C)(c2ccc(O)cc2)c2ccc(O)cc2)cc1. The lowest BCUT2D eigenvalue weighted by Crippen LogP contribution is -2.25. The summed E-state index contributed by atoms with van der Waals surface area (Å²) < 4.78 is 5.79. The first-order valence-corrected chi connectivity index (χ1v) is 9.36. The van der Waals surface area contributed by atoms with Crippen molar-refractivity contribution in [3.8, 4) is 17.2 Å². The molecule has 0 unspecified atom stereocenters. The van der Waals surface area contributed by atoms with E-state index < -0.39 is 5.41 Å². The van der Waals surface area contributed by atoms with Crippen LogP contribution in [0.4, 0.5) is 0 Å². The van der Waals surface area contributed by atoms with E-state index in [4.69, 9.17) is 4.74 Å². The van der Waals surface area contributed by atoms with Crippen LogP contribution >= 0.6 is 0 Å². The molecule has 0 spiro atoms. The molecule has 0 fully saturated rings. The summed E-state index contributed by atoms with van der Waals surface area (Å²) >= 11 is 0. The Morgan fingerprint density at radius 2 is 1.11 bits per heavy atom. The predicted octanol–water partition coefficient (Wildman–Crippen LogP) is 5.63. The third-order valence-corrected chi connectivity index (χ3v) is 5.09. The Kier molecular flexibility index (Phi) is 5.70. The molecule has 0 bridgehead atoms. The van der Waals surface area contributed by atoms with E-state index >= 15 is 0 Å². The van der Waals surface area contributed by atoms with Gasteiger partial charge >= 0.3 is 0 Å². The topological polar surface area (TPSA) is 49.7 Å². The molecule has 0 radical (unpaired) electrons. The van der Waals surface area contributed by atoms with Crippen molar-refractivity contribution in [3.63, 3.8) is 0 Å². The van der Waals surface area contributed by atoms with Crippen LogP contribution in [0.2, 0.25) is 0 Å². The molecule has 0 saturated carbocycles. The van der Waals surface area contributed by atoms with Crippen LogP contribution in [0.5, 0.6) is 17.2 Å². The summed E-state index contributed by atoms with van der Waals surface area (Å²) in [7, 11) is 0. The third kappa shape index (κ3) is 4.08. The molecule has 0 amide bonds. The highest BCUT2D eigenvalue weighted by atomic mass is 16.5. The number of rotatable bonds is 7. The molecule has 0 aliphatic carbocycles. The maximum Gasteiger partial charge on any atom is 0.119 e. The van der Waals surface area contributed by atoms with Crippen LogP contribution < -0.4 is 4.74 Å². The van der Waals surface area contributed by atoms with Crippen LogP contribution in [0.25, 0.3) is 0 Å². The maximum atomic E-state index is 9.69. The highest BCUT2D eigenvalue weighted by molar-refractivity contribution is 5.51. The summed E-state index contributed by atoms with van der Waals surface area (Å²) in [5.74, 6) is 1.35. The molecule has 0 saturated heterocycles. The van der Waals surface area contributed by atoms with E-state index in [0.717, 1.165) is 41.9 Å². The minimum Gasteiger partial charge on any atom is -0.508 e. The van der Waals surface area contributed by atoms with Crippen molar-refractivity contribution >= 4 is 0 Å². The number of hydrogen-bond donors (Lipinski definition) is 2. The van der Waals surface area contributed by atoms with E-state index in [9.17, 15) is 10.2 Å². The molecule has 27 heavy (non-hydrogen) atoms. The van der Waals surface area contributed by atoms with Crippen molar-refractivity contribution in [2.75, 3.05) is 6.61 Å². The number of ether oxygens (including phenoxy) is 1. The normalized spacial score (nSPS) is 11.3. The Labute approximate surface area is 160 Å². The smallest absolute Gasteiger partial charge is 0.119 e. The Morgan fingerprint density at radius 1 is 0.704 bits per heavy atom. The van der Waals surface area contributed by atoms with Gasteiger partial charge in [0, 0.05) is 5.41 Å². The van der Waals surface area contributed by atoms with Crippen molar-refractivity contribution < 1.29 is 14.9 Å². The minimum atomic E-state index is -0.427. The first-order chi connectivity index (χ1) is 13.0. The second-order valence-electron chi connectivity index (χ2n) is 6.95. The zero-order chi connectivity index (χ0) is 19.3. The van der Waals surface area contributed by atoms with E-state index in [1.165, 1.54) is 0 Å². The lowest BCUT2D eigenvalue weighted by Gasteiger charge is -2.32. The summed E-state index contributed by atoms with van der Waals surface area (Å²) in [6.07, 6.45) is 2.15. The molecule has 0 aromatic heterocycles. The van der Waals surface area contributed by atoms with Crippen LogP contribution in [0.15, 0.2) is 72.8 Å². The predicted molar refractivity (Wildman–Crippen MR) is 109 cm³/mol. The number of unbranched alkanes of at least 4 members (excludes halogenated alkanes) is 1. The molecule has 0 aliphatic heterocycles. The number of phenolic OH excluding ortho intramolecular Hbond substituents is 2. The Bertz CT molecular complexity index is 804. The van der Waals surface area contributed by atoms with Gasteiger partial charge in [-0.25, -0.2) is 0 Å². The van der Waals surface area contributed by atoms with Crippen LogP contribution in [-0.2, 0) is 5.41 Å². The van der Waals surface area contributed by atoms with Gasteiger partial charge in [-0.1, -0.05) is 49.7 Å². The van der Waals surface area contributed by atoms with Gasteiger partial charge in [-0.3, -0.25) is 0 Å². The van der Waals surface area contributed by atoms with Gasteiger partial charge in [0.1, 0.15) is 17.2 Å². The van der Waals surface area contributed by atoms with Gasteiger partial charge in [-0.15, -0.1) is 0 Å². The number of aromatic hydroxyl groups is 2. The summed E-state index contributed by atoms with van der Waals surface area (Å²) in [6, 6.07) is 22.7. The minimum absolute atomic E-state index is 0.242. The molecule has 3 aromatic rings. The van der Waals surface area contributed by atoms with Crippen molar-refractivity contribution in [2.24, 2.45) is 0 Å². The number of hydrogen-bond acceptors (Lipinski definition) is 3. The molecule has 0 heterocycles. The first kappa shape index (κ1) is 18.8. The van der Waals surface area contributed by atoms with Crippen molar-refractivity contribution in [3.05, 3.63) is 89.5 Å². The molecule has 3 aromatic carbocycles. The lowest BCUT2D eigenvalue weighted by molar-refractivity contribution is 0.309. The Hall–Kier alpha value is -2.94.